The lowest BCUT2D eigenvalue weighted by molar-refractivity contribution is 0.0529. The first-order valence-corrected chi connectivity index (χ1v) is 6.52. The van der Waals surface area contributed by atoms with Crippen LogP contribution >= 0.6 is 0 Å². The maximum Gasteiger partial charge on any atom is 0.428 e. The predicted octanol–water partition coefficient (Wildman–Crippen LogP) is 3.61. The zero-order chi connectivity index (χ0) is 12.7. The third kappa shape index (κ3) is 6.97. The van der Waals surface area contributed by atoms with Crippen LogP contribution in [-0.2, 0) is 4.74 Å². The summed E-state index contributed by atoms with van der Waals surface area (Å²) in [4.78, 5) is 11.4. The monoisotopic (exact) mass is 240 g/mol. The molecule has 0 spiro atoms. The van der Waals surface area contributed by atoms with E-state index in [9.17, 15) is 4.79 Å². The summed E-state index contributed by atoms with van der Waals surface area (Å²) in [7, 11) is 0. The largest absolute Gasteiger partial charge is 0.443 e. The van der Waals surface area contributed by atoms with E-state index >= 15 is 0 Å². The number of ether oxygens (including phenoxy) is 1. The number of carbonyl (C=O) groups excluding carboxylic acids is 1. The molecule has 1 aliphatic carbocycles. The van der Waals surface area contributed by atoms with Gasteiger partial charge in [0.1, 0.15) is 5.60 Å². The summed E-state index contributed by atoms with van der Waals surface area (Å²) in [5.74, 6) is 0. The topological polar surface area (TPSA) is 50.7 Å². The summed E-state index contributed by atoms with van der Waals surface area (Å²) in [6, 6.07) is 0. The van der Waals surface area contributed by atoms with Gasteiger partial charge in [0.15, 0.2) is 0 Å². The molecule has 1 amide bonds. The van der Waals surface area contributed by atoms with E-state index in [0.29, 0.717) is 0 Å². The lowest BCUT2D eigenvalue weighted by atomic mass is 9.99. The van der Waals surface area contributed by atoms with Crippen molar-refractivity contribution in [3.63, 3.8) is 0 Å². The Morgan fingerprint density at radius 3 is 2.18 bits per heavy atom. The molecule has 98 valence electrons. The van der Waals surface area contributed by atoms with Gasteiger partial charge < -0.3 is 4.74 Å². The predicted molar refractivity (Wildman–Crippen MR) is 69.1 cm³/mol. The summed E-state index contributed by atoms with van der Waals surface area (Å²) < 4.78 is 5.13. The van der Waals surface area contributed by atoms with Crippen LogP contribution in [0, 0.1) is 0 Å². The van der Waals surface area contributed by atoms with Gasteiger partial charge >= 0.3 is 6.09 Å². The smallest absolute Gasteiger partial charge is 0.428 e. The third-order valence-corrected chi connectivity index (χ3v) is 2.63. The van der Waals surface area contributed by atoms with Crippen molar-refractivity contribution in [1.82, 2.24) is 5.43 Å². The van der Waals surface area contributed by atoms with E-state index in [1.54, 1.807) is 0 Å². The van der Waals surface area contributed by atoms with E-state index < -0.39 is 11.7 Å². The molecule has 1 N–H and O–H groups in total. The number of amides is 1. The van der Waals surface area contributed by atoms with E-state index in [2.05, 4.69) is 10.5 Å². The number of rotatable bonds is 1. The van der Waals surface area contributed by atoms with Crippen molar-refractivity contribution in [2.75, 3.05) is 0 Å². The Morgan fingerprint density at radius 1 is 1.12 bits per heavy atom. The van der Waals surface area contributed by atoms with Crippen molar-refractivity contribution in [3.8, 4) is 0 Å². The minimum atomic E-state index is -0.467. The molecule has 0 aromatic carbocycles. The van der Waals surface area contributed by atoms with Gasteiger partial charge in [0, 0.05) is 5.71 Å². The lowest BCUT2D eigenvalue weighted by Crippen LogP contribution is -2.30. The Labute approximate surface area is 104 Å². The Kier molecular flexibility index (Phi) is 5.45. The van der Waals surface area contributed by atoms with E-state index in [4.69, 9.17) is 4.74 Å². The van der Waals surface area contributed by atoms with Crippen LogP contribution in [0.25, 0.3) is 0 Å². The van der Waals surface area contributed by atoms with Gasteiger partial charge in [0.2, 0.25) is 0 Å². The summed E-state index contributed by atoms with van der Waals surface area (Å²) in [5.41, 5.74) is 3.11. The molecule has 0 unspecified atom stereocenters. The maximum atomic E-state index is 11.4. The van der Waals surface area contributed by atoms with Gasteiger partial charge in [-0.1, -0.05) is 19.3 Å². The molecule has 0 heterocycles. The maximum absolute atomic E-state index is 11.4. The van der Waals surface area contributed by atoms with Gasteiger partial charge in [-0.2, -0.15) is 5.10 Å². The number of hydrazone groups is 1. The Bertz CT molecular complexity index is 270. The Morgan fingerprint density at radius 2 is 1.65 bits per heavy atom. The molecule has 1 fully saturated rings. The van der Waals surface area contributed by atoms with E-state index in [0.717, 1.165) is 18.6 Å². The second-order valence-electron chi connectivity index (χ2n) is 5.56. The van der Waals surface area contributed by atoms with Gasteiger partial charge in [-0.3, -0.25) is 0 Å². The number of hydrogen-bond acceptors (Lipinski definition) is 3. The molecule has 0 atom stereocenters. The minimum Gasteiger partial charge on any atom is -0.443 e. The van der Waals surface area contributed by atoms with Gasteiger partial charge in [-0.15, -0.1) is 0 Å². The van der Waals surface area contributed by atoms with Crippen molar-refractivity contribution in [3.05, 3.63) is 0 Å². The Hall–Kier alpha value is -1.06. The van der Waals surface area contributed by atoms with Crippen LogP contribution in [0.4, 0.5) is 4.79 Å². The molecule has 1 rings (SSSR count). The fraction of sp³-hybridized carbons (Fsp3) is 0.846. The fourth-order valence-corrected chi connectivity index (χ4v) is 1.85. The Balaban J connectivity index is 2.37. The lowest BCUT2D eigenvalue weighted by Gasteiger charge is -2.19. The zero-order valence-electron chi connectivity index (χ0n) is 11.2. The van der Waals surface area contributed by atoms with Crippen LogP contribution < -0.4 is 5.43 Å². The molecular weight excluding hydrogens is 216 g/mol. The van der Waals surface area contributed by atoms with E-state index in [-0.39, 0.29) is 0 Å². The molecule has 17 heavy (non-hydrogen) atoms. The SMILES string of the molecule is CC(C)(C)OC(=O)NN=C1CCCCCCC1. The molecule has 0 aromatic rings. The van der Waals surface area contributed by atoms with Crippen LogP contribution in [0.15, 0.2) is 5.10 Å². The van der Waals surface area contributed by atoms with Gasteiger partial charge in [0.05, 0.1) is 0 Å². The van der Waals surface area contributed by atoms with E-state index in [1.165, 1.54) is 32.1 Å². The van der Waals surface area contributed by atoms with Crippen molar-refractivity contribution < 1.29 is 9.53 Å². The van der Waals surface area contributed by atoms with Gasteiger partial charge in [-0.05, 0) is 46.5 Å². The van der Waals surface area contributed by atoms with Crippen LogP contribution in [-0.4, -0.2) is 17.4 Å². The first kappa shape index (κ1) is 14.0. The molecule has 0 aliphatic heterocycles. The summed E-state index contributed by atoms with van der Waals surface area (Å²) >= 11 is 0. The number of hydrogen-bond donors (Lipinski definition) is 1. The van der Waals surface area contributed by atoms with Gasteiger partial charge in [0.25, 0.3) is 0 Å². The van der Waals surface area contributed by atoms with Gasteiger partial charge in [-0.25, -0.2) is 10.2 Å². The molecule has 0 bridgehead atoms. The standard InChI is InChI=1S/C13H24N2O2/c1-13(2,3)17-12(16)15-14-11-9-7-5-4-6-8-10-11/h4-10H2,1-3H3,(H,15,16). The highest BCUT2D eigenvalue weighted by atomic mass is 16.6. The van der Waals surface area contributed by atoms with Crippen molar-refractivity contribution in [1.29, 1.82) is 0 Å². The van der Waals surface area contributed by atoms with E-state index in [1.807, 2.05) is 20.8 Å². The fourth-order valence-electron chi connectivity index (χ4n) is 1.85. The summed E-state index contributed by atoms with van der Waals surface area (Å²) in [6.45, 7) is 5.53. The summed E-state index contributed by atoms with van der Waals surface area (Å²) in [6.07, 6.45) is 7.74. The second-order valence-corrected chi connectivity index (χ2v) is 5.56. The molecule has 1 saturated carbocycles. The highest BCUT2D eigenvalue weighted by molar-refractivity contribution is 5.85. The quantitative estimate of drug-likeness (QED) is 0.712. The summed E-state index contributed by atoms with van der Waals surface area (Å²) in [5, 5.41) is 4.16. The number of carbonyl (C=O) groups is 1. The first-order valence-electron chi connectivity index (χ1n) is 6.52. The minimum absolute atomic E-state index is 0.466. The molecule has 0 aromatic heterocycles. The van der Waals surface area contributed by atoms with Crippen molar-refractivity contribution >= 4 is 11.8 Å². The van der Waals surface area contributed by atoms with Crippen molar-refractivity contribution in [2.45, 2.75) is 71.3 Å². The highest BCUT2D eigenvalue weighted by Gasteiger charge is 2.15. The molecule has 0 saturated heterocycles. The molecular formula is C13H24N2O2. The zero-order valence-corrected chi connectivity index (χ0v) is 11.2. The second kappa shape index (κ2) is 6.62. The normalized spacial score (nSPS) is 17.9. The van der Waals surface area contributed by atoms with Crippen LogP contribution in [0.2, 0.25) is 0 Å². The molecule has 1 aliphatic rings. The van der Waals surface area contributed by atoms with Crippen molar-refractivity contribution in [2.24, 2.45) is 5.10 Å². The van der Waals surface area contributed by atoms with Crippen LogP contribution in [0.5, 0.6) is 0 Å². The highest BCUT2D eigenvalue weighted by Crippen LogP contribution is 2.14. The molecule has 0 radical (unpaired) electrons. The average molecular weight is 240 g/mol. The third-order valence-electron chi connectivity index (χ3n) is 2.63. The van der Waals surface area contributed by atoms with Crippen LogP contribution in [0.1, 0.15) is 65.7 Å². The molecule has 4 heteroatoms. The molecule has 4 nitrogen and oxygen atoms in total. The number of nitrogens with zero attached hydrogens (tertiary/aromatic N) is 1. The average Bonchev–Trinajstić information content (AvgIpc) is 2.13. The first-order chi connectivity index (χ1) is 7.97. The van der Waals surface area contributed by atoms with Crippen LogP contribution in [0.3, 0.4) is 0 Å². The number of nitrogens with one attached hydrogen (secondary N) is 1.